The minimum absolute atomic E-state index is 0.219. The number of aliphatic hydroxyl groups is 1. The summed E-state index contributed by atoms with van der Waals surface area (Å²) in [4.78, 5) is 4.29. The van der Waals surface area contributed by atoms with Crippen LogP contribution in [0.4, 0.5) is 0 Å². The van der Waals surface area contributed by atoms with E-state index in [1.807, 2.05) is 61.5 Å². The number of aromatic nitrogens is 1. The molecule has 3 heteroatoms. The van der Waals surface area contributed by atoms with Crippen molar-refractivity contribution in [1.29, 1.82) is 0 Å². The van der Waals surface area contributed by atoms with Crippen LogP contribution in [-0.4, -0.2) is 16.7 Å². The summed E-state index contributed by atoms with van der Waals surface area (Å²) in [6, 6.07) is 17.4. The van der Waals surface area contributed by atoms with Gasteiger partial charge in [0.25, 0.3) is 0 Å². The summed E-state index contributed by atoms with van der Waals surface area (Å²) in [5, 5.41) is 11.2. The van der Waals surface area contributed by atoms with E-state index < -0.39 is 6.10 Å². The van der Waals surface area contributed by atoms with E-state index in [9.17, 15) is 5.11 Å². The van der Waals surface area contributed by atoms with Gasteiger partial charge >= 0.3 is 0 Å². The molecule has 1 aromatic heterocycles. The zero-order valence-corrected chi connectivity index (χ0v) is 11.9. The van der Waals surface area contributed by atoms with Gasteiger partial charge in [-0.2, -0.15) is 0 Å². The molecule has 0 radical (unpaired) electrons. The standard InChI is InChI=1S/C18H17NO2/c1-13-7-9-14(10-8-13)17(20)12-21-18-6-2-5-16-15(18)4-3-11-19-16/h2-11,17,20H,12H2,1H3. The van der Waals surface area contributed by atoms with Crippen molar-refractivity contribution in [2.45, 2.75) is 13.0 Å². The molecule has 1 heterocycles. The van der Waals surface area contributed by atoms with Crippen LogP contribution in [0, 0.1) is 6.92 Å². The van der Waals surface area contributed by atoms with Crippen LogP contribution in [0.1, 0.15) is 17.2 Å². The van der Waals surface area contributed by atoms with E-state index in [-0.39, 0.29) is 6.61 Å². The maximum absolute atomic E-state index is 10.2. The summed E-state index contributed by atoms with van der Waals surface area (Å²) in [6.07, 6.45) is 1.12. The largest absolute Gasteiger partial charge is 0.490 e. The number of rotatable bonds is 4. The third-order valence-corrected chi connectivity index (χ3v) is 3.46. The molecular weight excluding hydrogens is 262 g/mol. The first-order valence-corrected chi connectivity index (χ1v) is 6.95. The quantitative estimate of drug-likeness (QED) is 0.792. The summed E-state index contributed by atoms with van der Waals surface area (Å²) in [5.41, 5.74) is 2.92. The topological polar surface area (TPSA) is 42.4 Å². The molecule has 1 atom stereocenters. The lowest BCUT2D eigenvalue weighted by atomic mass is 10.1. The third-order valence-electron chi connectivity index (χ3n) is 3.46. The van der Waals surface area contributed by atoms with E-state index >= 15 is 0 Å². The second-order valence-electron chi connectivity index (χ2n) is 5.06. The van der Waals surface area contributed by atoms with Gasteiger partial charge in [-0.15, -0.1) is 0 Å². The molecule has 0 saturated carbocycles. The third kappa shape index (κ3) is 3.03. The Balaban J connectivity index is 1.76. The Morgan fingerprint density at radius 1 is 1.05 bits per heavy atom. The summed E-state index contributed by atoms with van der Waals surface area (Å²) in [6.45, 7) is 2.24. The SMILES string of the molecule is Cc1ccc(C(O)COc2cccc3ncccc23)cc1. The number of hydrogen-bond acceptors (Lipinski definition) is 3. The van der Waals surface area contributed by atoms with E-state index in [0.717, 1.165) is 22.2 Å². The second-order valence-corrected chi connectivity index (χ2v) is 5.06. The Bertz CT molecular complexity index is 732. The Kier molecular flexibility index (Phi) is 3.84. The number of fused-ring (bicyclic) bond motifs is 1. The van der Waals surface area contributed by atoms with Crippen LogP contribution in [0.25, 0.3) is 10.9 Å². The van der Waals surface area contributed by atoms with E-state index in [0.29, 0.717) is 0 Å². The smallest absolute Gasteiger partial charge is 0.128 e. The van der Waals surface area contributed by atoms with Crippen LogP contribution < -0.4 is 4.74 Å². The van der Waals surface area contributed by atoms with Crippen molar-refractivity contribution in [1.82, 2.24) is 4.98 Å². The zero-order valence-electron chi connectivity index (χ0n) is 11.9. The van der Waals surface area contributed by atoms with Crippen molar-refractivity contribution in [3.8, 4) is 5.75 Å². The predicted molar refractivity (Wildman–Crippen MR) is 83.4 cm³/mol. The average molecular weight is 279 g/mol. The summed E-state index contributed by atoms with van der Waals surface area (Å²) < 4.78 is 5.78. The molecule has 0 saturated heterocycles. The van der Waals surface area contributed by atoms with E-state index in [2.05, 4.69) is 4.98 Å². The van der Waals surface area contributed by atoms with Crippen LogP contribution in [-0.2, 0) is 0 Å². The molecule has 106 valence electrons. The molecular formula is C18H17NO2. The van der Waals surface area contributed by atoms with Gasteiger partial charge in [-0.05, 0) is 36.8 Å². The fraction of sp³-hybridized carbons (Fsp3) is 0.167. The molecule has 3 rings (SSSR count). The van der Waals surface area contributed by atoms with Crippen molar-refractivity contribution < 1.29 is 9.84 Å². The predicted octanol–water partition coefficient (Wildman–Crippen LogP) is 3.66. The highest BCUT2D eigenvalue weighted by atomic mass is 16.5. The average Bonchev–Trinajstić information content (AvgIpc) is 2.53. The number of aryl methyl sites for hydroxylation is 1. The molecule has 2 aromatic carbocycles. The van der Waals surface area contributed by atoms with Crippen LogP contribution in [0.2, 0.25) is 0 Å². The van der Waals surface area contributed by atoms with Crippen molar-refractivity contribution in [2.24, 2.45) is 0 Å². The van der Waals surface area contributed by atoms with Gasteiger partial charge in [0.2, 0.25) is 0 Å². The summed E-state index contributed by atoms with van der Waals surface area (Å²) in [5.74, 6) is 0.742. The fourth-order valence-corrected chi connectivity index (χ4v) is 2.25. The van der Waals surface area contributed by atoms with Crippen LogP contribution >= 0.6 is 0 Å². The van der Waals surface area contributed by atoms with Crippen LogP contribution in [0.5, 0.6) is 5.75 Å². The highest BCUT2D eigenvalue weighted by Gasteiger charge is 2.09. The molecule has 0 aliphatic heterocycles. The monoisotopic (exact) mass is 279 g/mol. The summed E-state index contributed by atoms with van der Waals surface area (Å²) in [7, 11) is 0. The molecule has 1 unspecified atom stereocenters. The molecule has 0 fully saturated rings. The van der Waals surface area contributed by atoms with Gasteiger partial charge in [0.1, 0.15) is 18.5 Å². The molecule has 0 aliphatic carbocycles. The Labute approximate surface area is 123 Å². The van der Waals surface area contributed by atoms with Crippen LogP contribution in [0.15, 0.2) is 60.8 Å². The number of pyridine rings is 1. The normalized spacial score (nSPS) is 12.3. The molecule has 3 nitrogen and oxygen atoms in total. The van der Waals surface area contributed by atoms with E-state index in [1.54, 1.807) is 6.20 Å². The van der Waals surface area contributed by atoms with E-state index in [1.165, 1.54) is 5.56 Å². The fourth-order valence-electron chi connectivity index (χ4n) is 2.25. The number of nitrogens with zero attached hydrogens (tertiary/aromatic N) is 1. The van der Waals surface area contributed by atoms with Gasteiger partial charge in [-0.25, -0.2) is 0 Å². The first kappa shape index (κ1) is 13.6. The molecule has 0 amide bonds. The lowest BCUT2D eigenvalue weighted by Crippen LogP contribution is -2.09. The lowest BCUT2D eigenvalue weighted by Gasteiger charge is -2.14. The van der Waals surface area contributed by atoms with Gasteiger partial charge < -0.3 is 9.84 Å². The first-order valence-electron chi connectivity index (χ1n) is 6.95. The maximum atomic E-state index is 10.2. The molecule has 1 N–H and O–H groups in total. The van der Waals surface area contributed by atoms with Gasteiger partial charge in [-0.1, -0.05) is 35.9 Å². The zero-order chi connectivity index (χ0) is 14.7. The second kappa shape index (κ2) is 5.94. The maximum Gasteiger partial charge on any atom is 0.128 e. The molecule has 0 aliphatic rings. The Morgan fingerprint density at radius 2 is 1.86 bits per heavy atom. The number of ether oxygens (including phenoxy) is 1. The van der Waals surface area contributed by atoms with Gasteiger partial charge in [-0.3, -0.25) is 4.98 Å². The number of hydrogen-bond donors (Lipinski definition) is 1. The van der Waals surface area contributed by atoms with Crippen molar-refractivity contribution >= 4 is 10.9 Å². The Morgan fingerprint density at radius 3 is 2.67 bits per heavy atom. The minimum atomic E-state index is -0.641. The van der Waals surface area contributed by atoms with Gasteiger partial charge in [0.05, 0.1) is 5.52 Å². The van der Waals surface area contributed by atoms with Crippen molar-refractivity contribution in [3.05, 3.63) is 71.9 Å². The highest BCUT2D eigenvalue weighted by molar-refractivity contribution is 5.84. The van der Waals surface area contributed by atoms with Gasteiger partial charge in [0, 0.05) is 11.6 Å². The number of aliphatic hydroxyl groups excluding tert-OH is 1. The highest BCUT2D eigenvalue weighted by Crippen LogP contribution is 2.25. The van der Waals surface area contributed by atoms with Crippen LogP contribution in [0.3, 0.4) is 0 Å². The number of benzene rings is 2. The van der Waals surface area contributed by atoms with Crippen molar-refractivity contribution in [2.75, 3.05) is 6.61 Å². The van der Waals surface area contributed by atoms with E-state index in [4.69, 9.17) is 4.74 Å². The minimum Gasteiger partial charge on any atom is -0.490 e. The molecule has 3 aromatic rings. The first-order chi connectivity index (χ1) is 10.2. The molecule has 0 bridgehead atoms. The summed E-state index contributed by atoms with van der Waals surface area (Å²) >= 11 is 0. The lowest BCUT2D eigenvalue weighted by molar-refractivity contribution is 0.109. The van der Waals surface area contributed by atoms with Crippen molar-refractivity contribution in [3.63, 3.8) is 0 Å². The van der Waals surface area contributed by atoms with Gasteiger partial charge in [0.15, 0.2) is 0 Å². The Hall–Kier alpha value is -2.39. The molecule has 0 spiro atoms. The molecule has 21 heavy (non-hydrogen) atoms.